The molecule has 4 heteroatoms. The van der Waals surface area contributed by atoms with E-state index in [1.54, 1.807) is 6.92 Å². The predicted molar refractivity (Wildman–Crippen MR) is 130 cm³/mol. The Balaban J connectivity index is 1.44. The zero-order valence-corrected chi connectivity index (χ0v) is 21.2. The van der Waals surface area contributed by atoms with Crippen molar-refractivity contribution in [2.75, 3.05) is 6.54 Å². The third-order valence-electron chi connectivity index (χ3n) is 10.9. The topological polar surface area (TPSA) is 66.4 Å². The molecular weight excluding hydrogens is 410 g/mol. The highest BCUT2D eigenvalue weighted by Gasteiger charge is 2.63. The molecule has 0 unspecified atom stereocenters. The number of fused-ring (bicyclic) bond motifs is 7. The van der Waals surface area contributed by atoms with Crippen LogP contribution in [0, 0.1) is 46.3 Å². The van der Waals surface area contributed by atoms with Gasteiger partial charge >= 0.3 is 0 Å². The van der Waals surface area contributed by atoms with Gasteiger partial charge in [-0.15, -0.1) is 0 Å². The van der Waals surface area contributed by atoms with Crippen LogP contribution in [0.15, 0.2) is 22.8 Å². The molecule has 0 saturated heterocycles. The lowest BCUT2D eigenvalue weighted by molar-refractivity contribution is -0.121. The molecule has 5 rings (SSSR count). The van der Waals surface area contributed by atoms with Crippen molar-refractivity contribution in [3.8, 4) is 0 Å². The highest BCUT2D eigenvalue weighted by molar-refractivity contribution is 6.01. The lowest BCUT2D eigenvalue weighted by Gasteiger charge is -2.58. The summed E-state index contributed by atoms with van der Waals surface area (Å²) in [4.78, 5) is 24.7. The van der Waals surface area contributed by atoms with Crippen molar-refractivity contribution in [3.05, 3.63) is 22.8 Å². The molecule has 0 bridgehead atoms. The molecule has 33 heavy (non-hydrogen) atoms. The Bertz CT molecular complexity index is 918. The van der Waals surface area contributed by atoms with Gasteiger partial charge in [-0.1, -0.05) is 44.9 Å². The van der Waals surface area contributed by atoms with Gasteiger partial charge in [-0.2, -0.15) is 0 Å². The number of ketones is 1. The van der Waals surface area contributed by atoms with E-state index in [0.29, 0.717) is 30.1 Å². The molecule has 0 aromatic carbocycles. The van der Waals surface area contributed by atoms with E-state index >= 15 is 0 Å². The fraction of sp³-hybridized carbons (Fsp3) is 0.793. The largest absolute Gasteiger partial charge is 0.393 e. The van der Waals surface area contributed by atoms with Gasteiger partial charge in [-0.25, -0.2) is 0 Å². The molecule has 1 amide bonds. The molecule has 0 aliphatic heterocycles. The maximum absolute atomic E-state index is 13.4. The van der Waals surface area contributed by atoms with Crippen molar-refractivity contribution >= 4 is 11.7 Å². The molecule has 9 atom stereocenters. The standard InChI is InChI=1S/C29H43NO3/c1-16(15-30-18(3)31)12-23-22-14-25-21-7-6-19-13-20(32)8-10-28(19,4)24(21)9-11-29(25,5)26(22)17(2)27(23)33/h6,16-17,20-21,24-26,32H,7-15H2,1-5H3,(H,30,31)/t16-,17+,20+,21+,24-,25-,26-,28+,29+/m1/s1. The summed E-state index contributed by atoms with van der Waals surface area (Å²) in [5, 5.41) is 13.2. The summed E-state index contributed by atoms with van der Waals surface area (Å²) in [5.41, 5.74) is 4.60. The number of amides is 1. The maximum Gasteiger partial charge on any atom is 0.216 e. The van der Waals surface area contributed by atoms with Crippen molar-refractivity contribution < 1.29 is 14.7 Å². The van der Waals surface area contributed by atoms with Crippen LogP contribution in [-0.2, 0) is 9.59 Å². The number of carbonyl (C=O) groups is 2. The van der Waals surface area contributed by atoms with Gasteiger partial charge in [-0.05, 0) is 97.4 Å². The van der Waals surface area contributed by atoms with Crippen LogP contribution in [0.25, 0.3) is 0 Å². The van der Waals surface area contributed by atoms with Crippen LogP contribution in [0.3, 0.4) is 0 Å². The van der Waals surface area contributed by atoms with Crippen molar-refractivity contribution in [2.45, 2.75) is 92.1 Å². The van der Waals surface area contributed by atoms with Crippen LogP contribution in [0.4, 0.5) is 0 Å². The number of Topliss-reactive ketones (excluding diaryl/α,β-unsaturated/α-hetero) is 1. The number of rotatable bonds is 4. The first-order valence-electron chi connectivity index (χ1n) is 13.4. The van der Waals surface area contributed by atoms with E-state index in [0.717, 1.165) is 50.0 Å². The minimum absolute atomic E-state index is 0.00221. The average Bonchev–Trinajstić information content (AvgIpc) is 3.19. The lowest BCUT2D eigenvalue weighted by Crippen LogP contribution is -2.51. The zero-order valence-electron chi connectivity index (χ0n) is 21.2. The number of aliphatic hydroxyl groups excluding tert-OH is 1. The van der Waals surface area contributed by atoms with Crippen LogP contribution in [-0.4, -0.2) is 29.4 Å². The predicted octanol–water partition coefficient (Wildman–Crippen LogP) is 5.21. The van der Waals surface area contributed by atoms with E-state index in [1.165, 1.54) is 24.0 Å². The molecule has 3 saturated carbocycles. The van der Waals surface area contributed by atoms with E-state index in [9.17, 15) is 14.7 Å². The average molecular weight is 454 g/mol. The summed E-state index contributed by atoms with van der Waals surface area (Å²) < 4.78 is 0. The number of carbonyl (C=O) groups excluding carboxylic acids is 2. The van der Waals surface area contributed by atoms with Crippen LogP contribution >= 0.6 is 0 Å². The van der Waals surface area contributed by atoms with Gasteiger partial charge in [-0.3, -0.25) is 9.59 Å². The maximum atomic E-state index is 13.4. The van der Waals surface area contributed by atoms with Crippen LogP contribution in [0.2, 0.25) is 0 Å². The highest BCUT2D eigenvalue weighted by atomic mass is 16.3. The summed E-state index contributed by atoms with van der Waals surface area (Å²) in [7, 11) is 0. The highest BCUT2D eigenvalue weighted by Crippen LogP contribution is 2.70. The first-order chi connectivity index (χ1) is 15.6. The molecular formula is C29H43NO3. The van der Waals surface area contributed by atoms with E-state index in [4.69, 9.17) is 0 Å². The fourth-order valence-electron chi connectivity index (χ4n) is 9.26. The minimum atomic E-state index is -0.153. The van der Waals surface area contributed by atoms with Crippen molar-refractivity contribution in [1.29, 1.82) is 0 Å². The van der Waals surface area contributed by atoms with Gasteiger partial charge < -0.3 is 10.4 Å². The van der Waals surface area contributed by atoms with Gasteiger partial charge in [0.05, 0.1) is 6.10 Å². The quantitative estimate of drug-likeness (QED) is 0.574. The van der Waals surface area contributed by atoms with E-state index in [2.05, 4.69) is 39.1 Å². The summed E-state index contributed by atoms with van der Waals surface area (Å²) in [6, 6.07) is 0. The van der Waals surface area contributed by atoms with Gasteiger partial charge in [0.25, 0.3) is 0 Å². The zero-order chi connectivity index (χ0) is 23.7. The molecule has 3 fully saturated rings. The number of aliphatic hydroxyl groups is 1. The molecule has 0 spiro atoms. The van der Waals surface area contributed by atoms with Crippen LogP contribution < -0.4 is 5.32 Å². The minimum Gasteiger partial charge on any atom is -0.393 e. The second kappa shape index (κ2) is 8.07. The van der Waals surface area contributed by atoms with Crippen molar-refractivity contribution in [2.24, 2.45) is 46.3 Å². The van der Waals surface area contributed by atoms with E-state index < -0.39 is 0 Å². The fourth-order valence-corrected chi connectivity index (χ4v) is 9.26. The Morgan fingerprint density at radius 1 is 1.21 bits per heavy atom. The van der Waals surface area contributed by atoms with Crippen LogP contribution in [0.5, 0.6) is 0 Å². The normalized spacial score (nSPS) is 45.0. The molecule has 0 heterocycles. The first kappa shape index (κ1) is 23.3. The van der Waals surface area contributed by atoms with Gasteiger partial charge in [0.2, 0.25) is 5.91 Å². The Morgan fingerprint density at radius 2 is 1.97 bits per heavy atom. The number of allylic oxidation sites excluding steroid dienone is 3. The second-order valence-electron chi connectivity index (χ2n) is 12.8. The molecule has 0 aromatic rings. The van der Waals surface area contributed by atoms with Crippen molar-refractivity contribution in [3.63, 3.8) is 0 Å². The molecule has 0 aromatic heterocycles. The van der Waals surface area contributed by atoms with Gasteiger partial charge in [0.1, 0.15) is 0 Å². The van der Waals surface area contributed by atoms with E-state index in [1.807, 2.05) is 0 Å². The molecule has 5 aliphatic carbocycles. The Hall–Kier alpha value is -1.42. The number of hydrogen-bond donors (Lipinski definition) is 2. The van der Waals surface area contributed by atoms with Gasteiger partial charge in [0, 0.05) is 19.4 Å². The third kappa shape index (κ3) is 3.49. The summed E-state index contributed by atoms with van der Waals surface area (Å²) >= 11 is 0. The van der Waals surface area contributed by atoms with Crippen molar-refractivity contribution in [1.82, 2.24) is 5.32 Å². The monoisotopic (exact) mass is 453 g/mol. The molecule has 2 N–H and O–H groups in total. The van der Waals surface area contributed by atoms with E-state index in [-0.39, 0.29) is 34.7 Å². The molecule has 5 aliphatic rings. The second-order valence-corrected chi connectivity index (χ2v) is 12.8. The summed E-state index contributed by atoms with van der Waals surface area (Å²) in [6.07, 6.45) is 10.8. The smallest absolute Gasteiger partial charge is 0.216 e. The lowest BCUT2D eigenvalue weighted by atomic mass is 9.47. The Morgan fingerprint density at radius 3 is 2.70 bits per heavy atom. The number of hydrogen-bond acceptors (Lipinski definition) is 3. The Labute approximate surface area is 199 Å². The molecule has 182 valence electrons. The summed E-state index contributed by atoms with van der Waals surface area (Å²) in [5.74, 6) is 3.25. The molecule has 4 nitrogen and oxygen atoms in total. The summed E-state index contributed by atoms with van der Waals surface area (Å²) in [6.45, 7) is 11.5. The van der Waals surface area contributed by atoms with Gasteiger partial charge in [0.15, 0.2) is 5.78 Å². The Kier molecular flexibility index (Phi) is 5.70. The SMILES string of the molecule is CC(=O)NC[C@H](C)CC1=C2C[C@@H]3[C@H]4CC=C5C[C@@H](O)CC[C@]5(C)[C@@H]4CC[C@]3(C)[C@@H]2[C@H](C)C1=O. The third-order valence-corrected chi connectivity index (χ3v) is 10.9. The number of nitrogens with one attached hydrogen (secondary N) is 1. The van der Waals surface area contributed by atoms with Crippen LogP contribution in [0.1, 0.15) is 86.0 Å². The molecule has 0 radical (unpaired) electrons. The first-order valence-corrected chi connectivity index (χ1v) is 13.4.